The van der Waals surface area contributed by atoms with Gasteiger partial charge in [-0.25, -0.2) is 19.4 Å². The monoisotopic (exact) mass is 520 g/mol. The summed E-state index contributed by atoms with van der Waals surface area (Å²) in [5.74, 6) is -0.517. The van der Waals surface area contributed by atoms with Crippen molar-refractivity contribution in [2.75, 3.05) is 30.4 Å². The summed E-state index contributed by atoms with van der Waals surface area (Å²) < 4.78 is 16.6. The lowest BCUT2D eigenvalue weighted by atomic mass is 10.1. The van der Waals surface area contributed by atoms with Crippen molar-refractivity contribution in [3.8, 4) is 0 Å². The number of ether oxygens (including phenoxy) is 3. The number of fused-ring (bicyclic) bond motifs is 1. The summed E-state index contributed by atoms with van der Waals surface area (Å²) in [6, 6.07) is 3.29. The Balaban J connectivity index is 1.94. The van der Waals surface area contributed by atoms with E-state index in [4.69, 9.17) is 14.2 Å². The van der Waals surface area contributed by atoms with Crippen LogP contribution in [0.4, 0.5) is 20.4 Å². The first kappa shape index (κ1) is 27.5. The summed E-state index contributed by atoms with van der Waals surface area (Å²) in [6.45, 7) is 16.0. The summed E-state index contributed by atoms with van der Waals surface area (Å²) in [4.78, 5) is 46.0. The summed E-state index contributed by atoms with van der Waals surface area (Å²) in [5, 5.41) is 2.98. The van der Waals surface area contributed by atoms with Crippen LogP contribution < -0.4 is 10.2 Å². The number of rotatable bonds is 3. The fraction of sp³-hybridized carbons (Fsp3) is 0.600. The maximum Gasteiger partial charge on any atom is 0.413 e. The smallest absolute Gasteiger partial charge is 0.413 e. The Kier molecular flexibility index (Phi) is 7.73. The van der Waals surface area contributed by atoms with E-state index in [1.165, 1.54) is 18.4 Å². The molecule has 2 heterocycles. The number of hydrogen-bond donors (Lipinski definition) is 1. The number of esters is 1. The van der Waals surface area contributed by atoms with Crippen molar-refractivity contribution in [1.29, 1.82) is 0 Å². The second kappa shape index (κ2) is 10.1. The molecule has 1 aromatic carbocycles. The molecule has 2 amide bonds. The van der Waals surface area contributed by atoms with E-state index in [1.807, 2.05) is 40.7 Å². The third-order valence-corrected chi connectivity index (χ3v) is 6.39. The molecule has 0 aliphatic carbocycles. The zero-order valence-corrected chi connectivity index (χ0v) is 23.2. The Labute approximate surface area is 215 Å². The van der Waals surface area contributed by atoms with Gasteiger partial charge in [0, 0.05) is 13.1 Å². The van der Waals surface area contributed by atoms with Gasteiger partial charge in [-0.1, -0.05) is 11.3 Å². The van der Waals surface area contributed by atoms with Gasteiger partial charge in [-0.2, -0.15) is 0 Å². The van der Waals surface area contributed by atoms with E-state index in [1.54, 1.807) is 31.7 Å². The molecule has 1 saturated heterocycles. The number of methoxy groups -OCH3 is 1. The molecule has 3 rings (SSSR count). The molecule has 1 fully saturated rings. The predicted octanol–water partition coefficient (Wildman–Crippen LogP) is 5.26. The van der Waals surface area contributed by atoms with Gasteiger partial charge in [0.1, 0.15) is 16.7 Å². The maximum absolute atomic E-state index is 12.8. The Morgan fingerprint density at radius 3 is 2.11 bits per heavy atom. The number of aromatic nitrogens is 1. The summed E-state index contributed by atoms with van der Waals surface area (Å²) in [5.41, 5.74) is 0.353. The number of carbonyl (C=O) groups is 3. The van der Waals surface area contributed by atoms with Crippen LogP contribution in [0.5, 0.6) is 0 Å². The number of anilines is 2. The van der Waals surface area contributed by atoms with Crippen molar-refractivity contribution in [3.05, 3.63) is 17.7 Å². The fourth-order valence-corrected chi connectivity index (χ4v) is 5.17. The second-order valence-electron chi connectivity index (χ2n) is 10.9. The van der Waals surface area contributed by atoms with Crippen molar-refractivity contribution in [1.82, 2.24) is 9.88 Å². The molecule has 2 atom stereocenters. The molecule has 1 aromatic heterocycles. The standard InChI is InChI=1S/C25H36N4O6S/c1-14-12-28(13-15(2)29(14)23(32)35-25(6,7)8)17-11-10-16(20(30)33-9)18-19(17)36-21(26-18)27-22(31)34-24(3,4)5/h10-11,14-15H,12-13H2,1-9H3,(H,26,27,31)/t14-,15-/m0/s1. The minimum Gasteiger partial charge on any atom is -0.465 e. The lowest BCUT2D eigenvalue weighted by molar-refractivity contribution is 0.00564. The van der Waals surface area contributed by atoms with Gasteiger partial charge < -0.3 is 19.1 Å². The molecule has 0 unspecified atom stereocenters. The van der Waals surface area contributed by atoms with Gasteiger partial charge in [-0.05, 0) is 67.5 Å². The first-order valence-corrected chi connectivity index (χ1v) is 12.7. The van der Waals surface area contributed by atoms with Crippen LogP contribution in [-0.2, 0) is 14.2 Å². The molecule has 1 aliphatic rings. The topological polar surface area (TPSA) is 110 Å². The second-order valence-corrected chi connectivity index (χ2v) is 11.9. The molecule has 0 saturated carbocycles. The van der Waals surface area contributed by atoms with Gasteiger partial charge in [-0.15, -0.1) is 0 Å². The van der Waals surface area contributed by atoms with Crippen molar-refractivity contribution in [2.24, 2.45) is 0 Å². The molecular formula is C25H36N4O6S. The van der Waals surface area contributed by atoms with Crippen LogP contribution in [0.15, 0.2) is 12.1 Å². The van der Waals surface area contributed by atoms with Gasteiger partial charge in [0.25, 0.3) is 0 Å². The van der Waals surface area contributed by atoms with E-state index in [9.17, 15) is 14.4 Å². The summed E-state index contributed by atoms with van der Waals surface area (Å²) in [7, 11) is 1.31. The van der Waals surface area contributed by atoms with Crippen LogP contribution in [-0.4, -0.2) is 71.5 Å². The van der Waals surface area contributed by atoms with Gasteiger partial charge in [0.05, 0.1) is 35.1 Å². The van der Waals surface area contributed by atoms with E-state index in [-0.39, 0.29) is 18.2 Å². The SMILES string of the molecule is COC(=O)c1ccc(N2C[C@H](C)N(C(=O)OC(C)(C)C)[C@@H](C)C2)c2sc(NC(=O)OC(C)(C)C)nc12. The van der Waals surface area contributed by atoms with E-state index in [2.05, 4.69) is 15.2 Å². The Hall–Kier alpha value is -3.08. The average Bonchev–Trinajstić information content (AvgIpc) is 3.12. The number of nitrogens with zero attached hydrogens (tertiary/aromatic N) is 3. The molecule has 0 spiro atoms. The van der Waals surface area contributed by atoms with E-state index in [0.29, 0.717) is 29.3 Å². The minimum absolute atomic E-state index is 0.119. The molecule has 1 aliphatic heterocycles. The van der Waals surface area contributed by atoms with Crippen LogP contribution in [0, 0.1) is 0 Å². The lowest BCUT2D eigenvalue weighted by Crippen LogP contribution is -2.59. The van der Waals surface area contributed by atoms with Crippen molar-refractivity contribution >= 4 is 50.5 Å². The lowest BCUT2D eigenvalue weighted by Gasteiger charge is -2.45. The van der Waals surface area contributed by atoms with E-state index in [0.717, 1.165) is 10.4 Å². The summed E-state index contributed by atoms with van der Waals surface area (Å²) in [6.07, 6.45) is -0.967. The largest absolute Gasteiger partial charge is 0.465 e. The van der Waals surface area contributed by atoms with Crippen molar-refractivity contribution < 1.29 is 28.6 Å². The molecule has 2 aromatic rings. The van der Waals surface area contributed by atoms with Gasteiger partial charge >= 0.3 is 18.2 Å². The number of carbonyl (C=O) groups excluding carboxylic acids is 3. The number of hydrogen-bond acceptors (Lipinski definition) is 9. The third-order valence-electron chi connectivity index (χ3n) is 5.40. The van der Waals surface area contributed by atoms with Gasteiger partial charge in [-0.3, -0.25) is 10.2 Å². The zero-order valence-electron chi connectivity index (χ0n) is 22.4. The molecule has 10 nitrogen and oxygen atoms in total. The first-order chi connectivity index (χ1) is 16.6. The highest BCUT2D eigenvalue weighted by molar-refractivity contribution is 7.23. The van der Waals surface area contributed by atoms with Crippen LogP contribution in [0.1, 0.15) is 65.7 Å². The van der Waals surface area contributed by atoms with Crippen LogP contribution in [0.25, 0.3) is 10.2 Å². The molecule has 36 heavy (non-hydrogen) atoms. The van der Waals surface area contributed by atoms with Crippen molar-refractivity contribution in [3.63, 3.8) is 0 Å². The number of benzene rings is 1. The highest BCUT2D eigenvalue weighted by Crippen LogP contribution is 2.38. The fourth-order valence-electron chi connectivity index (χ4n) is 4.16. The number of piperazine rings is 1. The predicted molar refractivity (Wildman–Crippen MR) is 140 cm³/mol. The molecular weight excluding hydrogens is 484 g/mol. The average molecular weight is 521 g/mol. The molecule has 198 valence electrons. The highest BCUT2D eigenvalue weighted by Gasteiger charge is 2.36. The van der Waals surface area contributed by atoms with Gasteiger partial charge in [0.2, 0.25) is 0 Å². The maximum atomic E-state index is 12.8. The molecule has 0 bridgehead atoms. The highest BCUT2D eigenvalue weighted by atomic mass is 32.1. The third kappa shape index (κ3) is 6.37. The Morgan fingerprint density at radius 2 is 1.58 bits per heavy atom. The number of amides is 2. The van der Waals surface area contributed by atoms with E-state index < -0.39 is 23.3 Å². The molecule has 1 N–H and O–H groups in total. The zero-order chi connectivity index (χ0) is 27.0. The number of nitrogens with one attached hydrogen (secondary N) is 1. The van der Waals surface area contributed by atoms with Crippen LogP contribution in [0.2, 0.25) is 0 Å². The number of thiazole rings is 1. The normalized spacial score (nSPS) is 18.7. The Morgan fingerprint density at radius 1 is 1.00 bits per heavy atom. The summed E-state index contributed by atoms with van der Waals surface area (Å²) >= 11 is 1.25. The first-order valence-electron chi connectivity index (χ1n) is 11.9. The van der Waals surface area contributed by atoms with Crippen LogP contribution in [0.3, 0.4) is 0 Å². The Bertz CT molecular complexity index is 1140. The van der Waals surface area contributed by atoms with Gasteiger partial charge in [0.15, 0.2) is 5.13 Å². The van der Waals surface area contributed by atoms with E-state index >= 15 is 0 Å². The quantitative estimate of drug-likeness (QED) is 0.431. The molecule has 11 heteroatoms. The van der Waals surface area contributed by atoms with Crippen molar-refractivity contribution in [2.45, 2.75) is 78.7 Å². The molecule has 0 radical (unpaired) electrons. The van der Waals surface area contributed by atoms with Crippen LogP contribution >= 0.6 is 11.3 Å². The minimum atomic E-state index is -0.663.